The minimum absolute atomic E-state index is 0.0373. The molecule has 0 aliphatic rings. The minimum atomic E-state index is -0.147. The Labute approximate surface area is 159 Å². The molecule has 27 heavy (non-hydrogen) atoms. The highest BCUT2D eigenvalue weighted by Gasteiger charge is 2.13. The van der Waals surface area contributed by atoms with Gasteiger partial charge >= 0.3 is 0 Å². The monoisotopic (exact) mass is 363 g/mol. The molecule has 0 bridgehead atoms. The molecule has 6 nitrogen and oxygen atoms in total. The van der Waals surface area contributed by atoms with Gasteiger partial charge in [-0.2, -0.15) is 4.80 Å². The molecule has 1 heterocycles. The molecule has 0 saturated heterocycles. The summed E-state index contributed by atoms with van der Waals surface area (Å²) < 4.78 is 0. The van der Waals surface area contributed by atoms with Gasteiger partial charge in [0.2, 0.25) is 11.7 Å². The van der Waals surface area contributed by atoms with Gasteiger partial charge in [0.25, 0.3) is 0 Å². The Balaban J connectivity index is 1.56. The van der Waals surface area contributed by atoms with E-state index in [0.29, 0.717) is 11.7 Å². The molecule has 6 heteroatoms. The molecule has 0 aliphatic heterocycles. The number of nitrogens with zero attached hydrogens (tertiary/aromatic N) is 4. The molecule has 3 rings (SSSR count). The number of tetrazole rings is 1. The van der Waals surface area contributed by atoms with E-state index in [-0.39, 0.29) is 18.5 Å². The molecule has 0 aliphatic carbocycles. The third kappa shape index (κ3) is 5.23. The van der Waals surface area contributed by atoms with Crippen molar-refractivity contribution in [1.82, 2.24) is 25.5 Å². The lowest BCUT2D eigenvalue weighted by Gasteiger charge is -2.15. The van der Waals surface area contributed by atoms with Crippen molar-refractivity contribution >= 4 is 5.91 Å². The van der Waals surface area contributed by atoms with Gasteiger partial charge < -0.3 is 5.32 Å². The Kier molecular flexibility index (Phi) is 5.96. The lowest BCUT2D eigenvalue weighted by molar-refractivity contribution is -0.122. The van der Waals surface area contributed by atoms with Gasteiger partial charge in [-0.25, -0.2) is 0 Å². The number of amides is 1. The summed E-state index contributed by atoms with van der Waals surface area (Å²) in [5.41, 5.74) is 3.26. The zero-order valence-electron chi connectivity index (χ0n) is 16.0. The SMILES string of the molecule is CC(C)Cc1ccc([C@@H](C)NC(=O)Cn2nnc(-c3ccccc3)n2)cc1. The second kappa shape index (κ2) is 8.58. The maximum absolute atomic E-state index is 12.3. The zero-order valence-corrected chi connectivity index (χ0v) is 16.0. The fourth-order valence-electron chi connectivity index (χ4n) is 2.93. The standard InChI is InChI=1S/C21H25N5O/c1-15(2)13-17-9-11-18(12-10-17)16(3)22-20(27)14-26-24-21(23-25-26)19-7-5-4-6-8-19/h4-12,15-16H,13-14H2,1-3H3,(H,22,27)/t16-/m1/s1. The third-order valence-electron chi connectivity index (χ3n) is 4.27. The summed E-state index contributed by atoms with van der Waals surface area (Å²) in [5.74, 6) is 0.992. The van der Waals surface area contributed by atoms with Crippen LogP contribution in [-0.4, -0.2) is 26.1 Å². The summed E-state index contributed by atoms with van der Waals surface area (Å²) in [7, 11) is 0. The topological polar surface area (TPSA) is 72.7 Å². The molecule has 3 aromatic rings. The molecule has 140 valence electrons. The Hall–Kier alpha value is -3.02. The van der Waals surface area contributed by atoms with Gasteiger partial charge in [-0.1, -0.05) is 68.4 Å². The first-order valence-electron chi connectivity index (χ1n) is 9.22. The lowest BCUT2D eigenvalue weighted by atomic mass is 10.00. The zero-order chi connectivity index (χ0) is 19.2. The number of carbonyl (C=O) groups is 1. The van der Waals surface area contributed by atoms with Crippen molar-refractivity contribution in [2.24, 2.45) is 5.92 Å². The number of hydrogen-bond donors (Lipinski definition) is 1. The molecule has 0 radical (unpaired) electrons. The molecular weight excluding hydrogens is 338 g/mol. The molecule has 1 N–H and O–H groups in total. The average Bonchev–Trinajstić information content (AvgIpc) is 3.11. The Bertz CT molecular complexity index is 871. The van der Waals surface area contributed by atoms with E-state index in [4.69, 9.17) is 0 Å². The number of benzene rings is 2. The van der Waals surface area contributed by atoms with Crippen molar-refractivity contribution in [3.05, 3.63) is 65.7 Å². The molecule has 1 amide bonds. The summed E-state index contributed by atoms with van der Waals surface area (Å²) in [4.78, 5) is 13.6. The van der Waals surface area contributed by atoms with Crippen molar-refractivity contribution < 1.29 is 4.79 Å². The Morgan fingerprint density at radius 1 is 1.04 bits per heavy atom. The first-order valence-corrected chi connectivity index (χ1v) is 9.22. The number of carbonyl (C=O) groups excluding carboxylic acids is 1. The molecular formula is C21H25N5O. The maximum Gasteiger partial charge on any atom is 0.244 e. The first kappa shape index (κ1) is 18.8. The maximum atomic E-state index is 12.3. The molecule has 0 spiro atoms. The fraction of sp³-hybridized carbons (Fsp3) is 0.333. The smallest absolute Gasteiger partial charge is 0.244 e. The van der Waals surface area contributed by atoms with E-state index in [1.807, 2.05) is 37.3 Å². The van der Waals surface area contributed by atoms with Crippen LogP contribution in [0.1, 0.15) is 37.9 Å². The summed E-state index contributed by atoms with van der Waals surface area (Å²) in [6.45, 7) is 6.42. The summed E-state index contributed by atoms with van der Waals surface area (Å²) in [6.07, 6.45) is 1.06. The van der Waals surface area contributed by atoms with Gasteiger partial charge in [0.15, 0.2) is 0 Å². The summed E-state index contributed by atoms with van der Waals surface area (Å²) in [5, 5.41) is 15.2. The Morgan fingerprint density at radius 3 is 2.41 bits per heavy atom. The van der Waals surface area contributed by atoms with Crippen LogP contribution in [0.2, 0.25) is 0 Å². The number of hydrogen-bond acceptors (Lipinski definition) is 4. The largest absolute Gasteiger partial charge is 0.348 e. The van der Waals surface area contributed by atoms with Crippen LogP contribution in [0, 0.1) is 5.92 Å². The molecule has 0 fully saturated rings. The highest BCUT2D eigenvalue weighted by molar-refractivity contribution is 5.76. The molecule has 1 aromatic heterocycles. The van der Waals surface area contributed by atoms with Gasteiger partial charge in [-0.05, 0) is 35.6 Å². The van der Waals surface area contributed by atoms with Crippen molar-refractivity contribution in [3.63, 3.8) is 0 Å². The van der Waals surface area contributed by atoms with Crippen molar-refractivity contribution in [2.75, 3.05) is 0 Å². The predicted octanol–water partition coefficient (Wildman–Crippen LogP) is 3.42. The van der Waals surface area contributed by atoms with Crippen molar-refractivity contribution in [2.45, 2.75) is 39.8 Å². The van der Waals surface area contributed by atoms with E-state index in [1.165, 1.54) is 10.4 Å². The average molecular weight is 363 g/mol. The van der Waals surface area contributed by atoms with Crippen molar-refractivity contribution in [3.8, 4) is 11.4 Å². The van der Waals surface area contributed by atoms with Crippen LogP contribution < -0.4 is 5.32 Å². The Morgan fingerprint density at radius 2 is 1.74 bits per heavy atom. The number of nitrogens with one attached hydrogen (secondary N) is 1. The van der Waals surface area contributed by atoms with Crippen LogP contribution in [0.15, 0.2) is 54.6 Å². The van der Waals surface area contributed by atoms with E-state index in [9.17, 15) is 4.79 Å². The fourth-order valence-corrected chi connectivity index (χ4v) is 2.93. The number of aromatic nitrogens is 4. The van der Waals surface area contributed by atoms with Gasteiger partial charge in [0.05, 0.1) is 6.04 Å². The normalized spacial score (nSPS) is 12.1. The predicted molar refractivity (Wildman–Crippen MR) is 105 cm³/mol. The first-order chi connectivity index (χ1) is 13.0. The molecule has 2 aromatic carbocycles. The van der Waals surface area contributed by atoms with Crippen LogP contribution in [0.5, 0.6) is 0 Å². The molecule has 1 atom stereocenters. The second-order valence-corrected chi connectivity index (χ2v) is 7.14. The summed E-state index contributed by atoms with van der Waals surface area (Å²) in [6, 6.07) is 17.9. The van der Waals surface area contributed by atoms with E-state index < -0.39 is 0 Å². The van der Waals surface area contributed by atoms with Crippen LogP contribution in [-0.2, 0) is 17.8 Å². The van der Waals surface area contributed by atoms with Gasteiger partial charge in [0.1, 0.15) is 6.54 Å². The van der Waals surface area contributed by atoms with Gasteiger partial charge in [-0.3, -0.25) is 4.79 Å². The highest BCUT2D eigenvalue weighted by Crippen LogP contribution is 2.16. The molecule has 0 saturated carbocycles. The van der Waals surface area contributed by atoms with E-state index >= 15 is 0 Å². The van der Waals surface area contributed by atoms with E-state index in [2.05, 4.69) is 58.8 Å². The van der Waals surface area contributed by atoms with Crippen LogP contribution in [0.25, 0.3) is 11.4 Å². The second-order valence-electron chi connectivity index (χ2n) is 7.14. The van der Waals surface area contributed by atoms with Crippen LogP contribution in [0.3, 0.4) is 0 Å². The lowest BCUT2D eigenvalue weighted by Crippen LogP contribution is -2.30. The van der Waals surface area contributed by atoms with Gasteiger partial charge in [0, 0.05) is 5.56 Å². The third-order valence-corrected chi connectivity index (χ3v) is 4.27. The van der Waals surface area contributed by atoms with E-state index in [0.717, 1.165) is 17.5 Å². The van der Waals surface area contributed by atoms with Crippen LogP contribution in [0.4, 0.5) is 0 Å². The number of rotatable bonds is 7. The van der Waals surface area contributed by atoms with E-state index in [1.54, 1.807) is 0 Å². The van der Waals surface area contributed by atoms with Crippen LogP contribution >= 0.6 is 0 Å². The highest BCUT2D eigenvalue weighted by atomic mass is 16.2. The quantitative estimate of drug-likeness (QED) is 0.698. The summed E-state index contributed by atoms with van der Waals surface area (Å²) >= 11 is 0. The molecule has 0 unspecified atom stereocenters. The minimum Gasteiger partial charge on any atom is -0.348 e. The van der Waals surface area contributed by atoms with Crippen molar-refractivity contribution in [1.29, 1.82) is 0 Å². The van der Waals surface area contributed by atoms with Gasteiger partial charge in [-0.15, -0.1) is 10.2 Å².